The first kappa shape index (κ1) is 25.0. The molecule has 0 radical (unpaired) electrons. The van der Waals surface area contributed by atoms with Crippen LogP contribution < -0.4 is 15.1 Å². The van der Waals surface area contributed by atoms with E-state index in [4.69, 9.17) is 14.5 Å². The molecule has 0 saturated carbocycles. The summed E-state index contributed by atoms with van der Waals surface area (Å²) in [5, 5.41) is 4.42. The van der Waals surface area contributed by atoms with E-state index in [9.17, 15) is 0 Å². The van der Waals surface area contributed by atoms with E-state index < -0.39 is 0 Å². The normalized spacial score (nSPS) is 14.5. The van der Waals surface area contributed by atoms with Crippen LogP contribution in [0.4, 0.5) is 11.4 Å². The SMILES string of the molecule is CCCCN(CCC)c1cc(/C=N/Nc2cccc(C)c2)nc(OCCN2CCOCC2)c1. The summed E-state index contributed by atoms with van der Waals surface area (Å²) in [6.45, 7) is 13.5. The number of ether oxygens (including phenoxy) is 2. The predicted octanol–water partition coefficient (Wildman–Crippen LogP) is 4.56. The largest absolute Gasteiger partial charge is 0.476 e. The number of pyridine rings is 1. The van der Waals surface area contributed by atoms with Crippen LogP contribution in [0.5, 0.6) is 5.88 Å². The number of benzene rings is 1. The number of hydrogen-bond acceptors (Lipinski definition) is 7. The van der Waals surface area contributed by atoms with Crippen LogP contribution in [-0.2, 0) is 4.74 Å². The van der Waals surface area contributed by atoms with Crippen molar-refractivity contribution in [1.82, 2.24) is 9.88 Å². The zero-order chi connectivity index (χ0) is 23.3. The Morgan fingerprint density at radius 3 is 2.76 bits per heavy atom. The smallest absolute Gasteiger partial charge is 0.215 e. The summed E-state index contributed by atoms with van der Waals surface area (Å²) in [6, 6.07) is 12.3. The Balaban J connectivity index is 1.72. The molecular formula is C26H39N5O2. The van der Waals surface area contributed by atoms with Crippen LogP contribution >= 0.6 is 0 Å². The lowest BCUT2D eigenvalue weighted by Crippen LogP contribution is -2.38. The summed E-state index contributed by atoms with van der Waals surface area (Å²) >= 11 is 0. The molecule has 0 amide bonds. The molecule has 1 aromatic heterocycles. The molecule has 1 N–H and O–H groups in total. The molecule has 33 heavy (non-hydrogen) atoms. The minimum Gasteiger partial charge on any atom is -0.476 e. The molecule has 1 saturated heterocycles. The summed E-state index contributed by atoms with van der Waals surface area (Å²) in [6.07, 6.45) is 5.19. The highest BCUT2D eigenvalue weighted by molar-refractivity contribution is 5.80. The van der Waals surface area contributed by atoms with E-state index in [1.54, 1.807) is 6.21 Å². The maximum Gasteiger partial charge on any atom is 0.215 e. The Morgan fingerprint density at radius 1 is 1.15 bits per heavy atom. The van der Waals surface area contributed by atoms with Crippen LogP contribution in [0.3, 0.4) is 0 Å². The van der Waals surface area contributed by atoms with Gasteiger partial charge in [-0.15, -0.1) is 0 Å². The third-order valence-corrected chi connectivity index (χ3v) is 5.62. The minimum absolute atomic E-state index is 0.608. The fourth-order valence-electron chi connectivity index (χ4n) is 3.81. The lowest BCUT2D eigenvalue weighted by atomic mass is 10.2. The van der Waals surface area contributed by atoms with E-state index >= 15 is 0 Å². The molecule has 0 unspecified atom stereocenters. The molecule has 3 rings (SSSR count). The first-order chi connectivity index (χ1) is 16.2. The van der Waals surface area contributed by atoms with Crippen molar-refractivity contribution < 1.29 is 9.47 Å². The van der Waals surface area contributed by atoms with Crippen LogP contribution in [0.1, 0.15) is 44.4 Å². The number of unbranched alkanes of at least 4 members (excludes halogenated alkanes) is 1. The molecule has 7 nitrogen and oxygen atoms in total. The van der Waals surface area contributed by atoms with Crippen molar-refractivity contribution in [2.75, 3.05) is 62.9 Å². The van der Waals surface area contributed by atoms with Crippen LogP contribution in [0.25, 0.3) is 0 Å². The molecule has 1 aliphatic heterocycles. The van der Waals surface area contributed by atoms with Gasteiger partial charge in [-0.25, -0.2) is 4.98 Å². The standard InChI is InChI=1S/C26H39N5O2/c1-4-6-11-31(10-5-2)25-19-24(21-27-29-23-9-7-8-22(3)18-23)28-26(20-25)33-17-14-30-12-15-32-16-13-30/h7-9,18-21,29H,4-6,10-17H2,1-3H3/b27-21+. The number of morpholine rings is 1. The average Bonchev–Trinajstić information content (AvgIpc) is 2.82. The number of aromatic nitrogens is 1. The predicted molar refractivity (Wildman–Crippen MR) is 137 cm³/mol. The highest BCUT2D eigenvalue weighted by Crippen LogP contribution is 2.22. The second-order valence-corrected chi connectivity index (χ2v) is 8.47. The zero-order valence-corrected chi connectivity index (χ0v) is 20.4. The van der Waals surface area contributed by atoms with Gasteiger partial charge in [0.15, 0.2) is 0 Å². The molecule has 1 aromatic carbocycles. The first-order valence-electron chi connectivity index (χ1n) is 12.2. The topological polar surface area (TPSA) is 62.2 Å². The van der Waals surface area contributed by atoms with Gasteiger partial charge in [0.2, 0.25) is 5.88 Å². The van der Waals surface area contributed by atoms with Gasteiger partial charge in [0.05, 0.1) is 30.8 Å². The Hall–Kier alpha value is -2.64. The number of hydrogen-bond donors (Lipinski definition) is 1. The van der Waals surface area contributed by atoms with Crippen molar-refractivity contribution in [2.45, 2.75) is 40.0 Å². The average molecular weight is 454 g/mol. The molecule has 2 heterocycles. The monoisotopic (exact) mass is 453 g/mol. The number of nitrogens with one attached hydrogen (secondary N) is 1. The Bertz CT molecular complexity index is 868. The fraction of sp³-hybridized carbons (Fsp3) is 0.538. The summed E-state index contributed by atoms with van der Waals surface area (Å²) in [5.41, 5.74) is 7.18. The number of rotatable bonds is 13. The molecular weight excluding hydrogens is 414 g/mol. The van der Waals surface area contributed by atoms with E-state index in [0.717, 1.165) is 75.8 Å². The van der Waals surface area contributed by atoms with Crippen molar-refractivity contribution in [1.29, 1.82) is 0 Å². The third kappa shape index (κ3) is 8.67. The molecule has 1 fully saturated rings. The maximum absolute atomic E-state index is 6.10. The van der Waals surface area contributed by atoms with E-state index in [0.29, 0.717) is 12.5 Å². The molecule has 7 heteroatoms. The molecule has 0 atom stereocenters. The van der Waals surface area contributed by atoms with Gasteiger partial charge in [-0.2, -0.15) is 5.10 Å². The minimum atomic E-state index is 0.608. The Morgan fingerprint density at radius 2 is 2.00 bits per heavy atom. The lowest BCUT2D eigenvalue weighted by Gasteiger charge is -2.27. The van der Waals surface area contributed by atoms with Gasteiger partial charge in [0.1, 0.15) is 6.61 Å². The zero-order valence-electron chi connectivity index (χ0n) is 20.4. The number of aryl methyl sites for hydroxylation is 1. The highest BCUT2D eigenvalue weighted by Gasteiger charge is 2.12. The van der Waals surface area contributed by atoms with Gasteiger partial charge in [-0.1, -0.05) is 32.4 Å². The number of anilines is 2. The van der Waals surface area contributed by atoms with Gasteiger partial charge in [-0.05, 0) is 43.5 Å². The first-order valence-corrected chi connectivity index (χ1v) is 12.2. The van der Waals surface area contributed by atoms with Crippen molar-refractivity contribution in [2.24, 2.45) is 5.10 Å². The van der Waals surface area contributed by atoms with Gasteiger partial charge in [0.25, 0.3) is 0 Å². The summed E-state index contributed by atoms with van der Waals surface area (Å²) < 4.78 is 11.5. The van der Waals surface area contributed by atoms with E-state index in [-0.39, 0.29) is 0 Å². The summed E-state index contributed by atoms with van der Waals surface area (Å²) in [4.78, 5) is 9.50. The second kappa shape index (κ2) is 13.8. The number of nitrogens with zero attached hydrogens (tertiary/aromatic N) is 4. The lowest BCUT2D eigenvalue weighted by molar-refractivity contribution is 0.0320. The van der Waals surface area contributed by atoms with Crippen molar-refractivity contribution in [3.8, 4) is 5.88 Å². The van der Waals surface area contributed by atoms with Crippen LogP contribution in [0.2, 0.25) is 0 Å². The summed E-state index contributed by atoms with van der Waals surface area (Å²) in [7, 11) is 0. The molecule has 0 bridgehead atoms. The van der Waals surface area contributed by atoms with Crippen molar-refractivity contribution >= 4 is 17.6 Å². The van der Waals surface area contributed by atoms with Crippen LogP contribution in [-0.4, -0.2) is 68.6 Å². The van der Waals surface area contributed by atoms with E-state index in [2.05, 4.69) is 65.4 Å². The van der Waals surface area contributed by atoms with Gasteiger partial charge < -0.3 is 14.4 Å². The van der Waals surface area contributed by atoms with E-state index in [1.165, 1.54) is 12.0 Å². The quantitative estimate of drug-likeness (QED) is 0.354. The summed E-state index contributed by atoms with van der Waals surface area (Å²) in [5.74, 6) is 0.648. The third-order valence-electron chi connectivity index (χ3n) is 5.62. The molecule has 0 spiro atoms. The molecule has 2 aromatic rings. The van der Waals surface area contributed by atoms with Gasteiger partial charge in [-0.3, -0.25) is 10.3 Å². The van der Waals surface area contributed by atoms with Crippen LogP contribution in [0, 0.1) is 6.92 Å². The maximum atomic E-state index is 6.10. The van der Waals surface area contributed by atoms with Crippen molar-refractivity contribution in [3.63, 3.8) is 0 Å². The highest BCUT2D eigenvalue weighted by atomic mass is 16.5. The van der Waals surface area contributed by atoms with E-state index in [1.807, 2.05) is 12.1 Å². The number of hydrazone groups is 1. The molecule has 0 aliphatic carbocycles. The second-order valence-electron chi connectivity index (χ2n) is 8.47. The molecule has 1 aliphatic rings. The van der Waals surface area contributed by atoms with Crippen molar-refractivity contribution in [3.05, 3.63) is 47.7 Å². The van der Waals surface area contributed by atoms with Crippen LogP contribution in [0.15, 0.2) is 41.5 Å². The Kier molecular flexibility index (Phi) is 10.5. The molecule has 180 valence electrons. The van der Waals surface area contributed by atoms with Gasteiger partial charge >= 0.3 is 0 Å². The van der Waals surface area contributed by atoms with Gasteiger partial charge in [0, 0.05) is 44.5 Å². The Labute approximate surface area is 198 Å². The fourth-order valence-corrected chi connectivity index (χ4v) is 3.81.